The molecule has 1 saturated heterocycles. The molecule has 3 amide bonds. The van der Waals surface area contributed by atoms with Crippen molar-refractivity contribution < 1.29 is 37.9 Å². The first-order valence-electron chi connectivity index (χ1n) is 19.2. The molecule has 2 aromatic carbocycles. The largest absolute Gasteiger partial charge is 0.493 e. The SMILES string of the molecule is COc1ccc(CC(NC(=O)CCc2ccccc2)C(=O)NC(C(=O)N[C@@H](CC(C)C)B2O[C@@H]3C[C@@H]4C[C@@H](C4(C)C)[C@]3(C)O2)C(C)C)c(OC)c1OC. The highest BCUT2D eigenvalue weighted by Gasteiger charge is 2.68. The Hall–Kier alpha value is -3.77. The molecule has 0 aromatic heterocycles. The van der Waals surface area contributed by atoms with Crippen LogP contribution in [0.25, 0.3) is 0 Å². The number of carbonyl (C=O) groups excluding carboxylic acids is 3. The number of benzene rings is 2. The van der Waals surface area contributed by atoms with Gasteiger partial charge in [-0.3, -0.25) is 14.4 Å². The van der Waals surface area contributed by atoms with Gasteiger partial charge in [-0.15, -0.1) is 0 Å². The van der Waals surface area contributed by atoms with E-state index in [-0.39, 0.29) is 48.0 Å². The summed E-state index contributed by atoms with van der Waals surface area (Å²) in [4.78, 5) is 41.8. The van der Waals surface area contributed by atoms with E-state index in [0.29, 0.717) is 47.5 Å². The fraction of sp³-hybridized carbons (Fsp3) is 0.634. The molecule has 3 N–H and O–H groups in total. The van der Waals surface area contributed by atoms with Gasteiger partial charge in [-0.05, 0) is 73.3 Å². The van der Waals surface area contributed by atoms with E-state index in [1.165, 1.54) is 21.3 Å². The first-order valence-corrected chi connectivity index (χ1v) is 19.2. The number of rotatable bonds is 17. The van der Waals surface area contributed by atoms with Gasteiger partial charge in [0.25, 0.3) is 0 Å². The fourth-order valence-electron chi connectivity index (χ4n) is 8.80. The van der Waals surface area contributed by atoms with Crippen LogP contribution in [-0.4, -0.2) is 75.9 Å². The minimum atomic E-state index is -1.02. The van der Waals surface area contributed by atoms with E-state index in [0.717, 1.165) is 18.4 Å². The summed E-state index contributed by atoms with van der Waals surface area (Å²) >= 11 is 0. The first-order chi connectivity index (χ1) is 25.1. The molecule has 4 fully saturated rings. The van der Waals surface area contributed by atoms with E-state index in [9.17, 15) is 14.4 Å². The molecule has 1 heterocycles. The van der Waals surface area contributed by atoms with Crippen LogP contribution in [0.15, 0.2) is 42.5 Å². The van der Waals surface area contributed by atoms with Crippen molar-refractivity contribution in [3.8, 4) is 17.2 Å². The van der Waals surface area contributed by atoms with Gasteiger partial charge in [0.1, 0.15) is 12.1 Å². The van der Waals surface area contributed by atoms with Crippen LogP contribution in [-0.2, 0) is 36.5 Å². The number of methoxy groups -OCH3 is 3. The Morgan fingerprint density at radius 1 is 0.868 bits per heavy atom. The van der Waals surface area contributed by atoms with Gasteiger partial charge in [0.05, 0.1) is 39.0 Å². The summed E-state index contributed by atoms with van der Waals surface area (Å²) in [5.74, 6) is 0.727. The molecule has 1 aliphatic heterocycles. The van der Waals surface area contributed by atoms with E-state index in [2.05, 4.69) is 50.6 Å². The summed E-state index contributed by atoms with van der Waals surface area (Å²) in [5.41, 5.74) is 1.43. The highest BCUT2D eigenvalue weighted by molar-refractivity contribution is 6.48. The van der Waals surface area contributed by atoms with Crippen molar-refractivity contribution in [2.45, 2.75) is 117 Å². The second-order valence-electron chi connectivity index (χ2n) is 16.6. The second-order valence-corrected chi connectivity index (χ2v) is 16.6. The quantitative estimate of drug-likeness (QED) is 0.187. The predicted molar refractivity (Wildman–Crippen MR) is 205 cm³/mol. The molecule has 53 heavy (non-hydrogen) atoms. The third-order valence-electron chi connectivity index (χ3n) is 11.9. The van der Waals surface area contributed by atoms with Crippen LogP contribution in [0.4, 0.5) is 0 Å². The number of carbonyl (C=O) groups is 3. The molecule has 3 aliphatic carbocycles. The molecule has 2 aromatic rings. The summed E-state index contributed by atoms with van der Waals surface area (Å²) in [7, 11) is 3.96. The number of aryl methyl sites for hydroxylation is 1. The fourth-order valence-corrected chi connectivity index (χ4v) is 8.80. The Bertz CT molecular complexity index is 1600. The molecule has 6 rings (SSSR count). The molecule has 7 atom stereocenters. The van der Waals surface area contributed by atoms with Gasteiger partial charge in [-0.1, -0.05) is 77.9 Å². The van der Waals surface area contributed by atoms with Crippen molar-refractivity contribution in [2.24, 2.45) is 29.1 Å². The van der Waals surface area contributed by atoms with Gasteiger partial charge in [0.2, 0.25) is 23.5 Å². The summed E-state index contributed by atoms with van der Waals surface area (Å²) in [6.45, 7) is 14.8. The van der Waals surface area contributed by atoms with Gasteiger partial charge >= 0.3 is 7.12 Å². The lowest BCUT2D eigenvalue weighted by Gasteiger charge is -2.64. The number of nitrogens with one attached hydrogen (secondary N) is 3. The van der Waals surface area contributed by atoms with Crippen molar-refractivity contribution in [3.63, 3.8) is 0 Å². The van der Waals surface area contributed by atoms with Crippen molar-refractivity contribution in [1.82, 2.24) is 16.0 Å². The summed E-state index contributed by atoms with van der Waals surface area (Å²) in [6.07, 6.45) is 3.49. The Morgan fingerprint density at radius 3 is 2.17 bits per heavy atom. The normalized spacial score (nSPS) is 24.4. The van der Waals surface area contributed by atoms with Crippen LogP contribution in [0.3, 0.4) is 0 Å². The first kappa shape index (κ1) is 40.4. The van der Waals surface area contributed by atoms with E-state index in [4.69, 9.17) is 23.5 Å². The lowest BCUT2D eigenvalue weighted by Crippen LogP contribution is -2.65. The van der Waals surface area contributed by atoms with Gasteiger partial charge in [-0.2, -0.15) is 0 Å². The zero-order chi connectivity index (χ0) is 38.7. The predicted octanol–water partition coefficient (Wildman–Crippen LogP) is 5.31. The molecule has 11 nitrogen and oxygen atoms in total. The van der Waals surface area contributed by atoms with Crippen LogP contribution >= 0.6 is 0 Å². The summed E-state index contributed by atoms with van der Waals surface area (Å²) < 4.78 is 30.1. The Morgan fingerprint density at radius 2 is 1.57 bits per heavy atom. The van der Waals surface area contributed by atoms with Crippen LogP contribution in [0.2, 0.25) is 0 Å². The molecule has 4 aliphatic rings. The summed E-state index contributed by atoms with van der Waals surface area (Å²) in [6, 6.07) is 11.3. The molecule has 3 saturated carbocycles. The molecule has 0 spiro atoms. The topological polar surface area (TPSA) is 133 Å². The van der Waals surface area contributed by atoms with Gasteiger partial charge in [0.15, 0.2) is 11.5 Å². The molecule has 2 unspecified atom stereocenters. The average molecular weight is 734 g/mol. The van der Waals surface area contributed by atoms with E-state index in [1.807, 2.05) is 44.2 Å². The van der Waals surface area contributed by atoms with Crippen molar-refractivity contribution >= 4 is 24.8 Å². The minimum absolute atomic E-state index is 0.0173. The van der Waals surface area contributed by atoms with Crippen LogP contribution in [0.5, 0.6) is 17.2 Å². The average Bonchev–Trinajstić information content (AvgIpc) is 3.49. The van der Waals surface area contributed by atoms with Gasteiger partial charge in [0, 0.05) is 18.4 Å². The van der Waals surface area contributed by atoms with Crippen molar-refractivity contribution in [3.05, 3.63) is 53.6 Å². The lowest BCUT2D eigenvalue weighted by molar-refractivity contribution is -0.199. The smallest absolute Gasteiger partial charge is 0.481 e. The third-order valence-corrected chi connectivity index (χ3v) is 11.9. The second kappa shape index (κ2) is 16.7. The number of amides is 3. The minimum Gasteiger partial charge on any atom is -0.493 e. The van der Waals surface area contributed by atoms with Crippen molar-refractivity contribution in [2.75, 3.05) is 21.3 Å². The van der Waals surface area contributed by atoms with E-state index >= 15 is 0 Å². The highest BCUT2D eigenvalue weighted by atomic mass is 16.7. The van der Waals surface area contributed by atoms with E-state index < -0.39 is 36.7 Å². The van der Waals surface area contributed by atoms with Crippen LogP contribution < -0.4 is 30.2 Å². The molecular weight excluding hydrogens is 673 g/mol. The zero-order valence-electron chi connectivity index (χ0n) is 33.2. The summed E-state index contributed by atoms with van der Waals surface area (Å²) in [5, 5.41) is 9.16. The van der Waals surface area contributed by atoms with Gasteiger partial charge in [-0.25, -0.2) is 0 Å². The molecule has 290 valence electrons. The molecule has 2 bridgehead atoms. The Balaban J connectivity index is 1.34. The van der Waals surface area contributed by atoms with E-state index in [1.54, 1.807) is 12.1 Å². The molecular formula is C41H60BN3O8. The van der Waals surface area contributed by atoms with Gasteiger partial charge < -0.3 is 39.5 Å². The Labute approximate surface area is 316 Å². The maximum Gasteiger partial charge on any atom is 0.481 e. The number of hydrogen-bond donors (Lipinski definition) is 3. The lowest BCUT2D eigenvalue weighted by atomic mass is 9.43. The number of hydrogen-bond acceptors (Lipinski definition) is 8. The monoisotopic (exact) mass is 733 g/mol. The number of ether oxygens (including phenoxy) is 3. The van der Waals surface area contributed by atoms with Crippen LogP contribution in [0.1, 0.15) is 85.3 Å². The molecule has 0 radical (unpaired) electrons. The third kappa shape index (κ3) is 8.64. The maximum atomic E-state index is 14.2. The standard InChI is InChI=1S/C41H60BN3O8/c1-24(2)20-33(42-52-32-23-28-22-31(40(28,5)6)41(32,7)53-42)44-39(48)35(25(3)4)45-38(47)29(43-34(46)19-16-26-14-12-11-13-15-26)21-27-17-18-30(49-8)37(51-10)36(27)50-9/h11-15,17-18,24-25,28-29,31-33,35H,16,19-23H2,1-10H3,(H,43,46)(H,44,48)(H,45,47)/t28-,29?,31-,32+,33-,35?,41-/m0/s1. The zero-order valence-corrected chi connectivity index (χ0v) is 33.2. The van der Waals surface area contributed by atoms with Crippen LogP contribution in [0, 0.1) is 29.1 Å². The maximum absolute atomic E-state index is 14.2. The highest BCUT2D eigenvalue weighted by Crippen LogP contribution is 2.65. The molecule has 12 heteroatoms. The van der Waals surface area contributed by atoms with Crippen molar-refractivity contribution in [1.29, 1.82) is 0 Å². The Kier molecular flexibility index (Phi) is 12.7.